The van der Waals surface area contributed by atoms with Gasteiger partial charge in [0.1, 0.15) is 5.75 Å². The van der Waals surface area contributed by atoms with Crippen molar-refractivity contribution in [3.63, 3.8) is 0 Å². The van der Waals surface area contributed by atoms with Gasteiger partial charge in [-0.15, -0.1) is 0 Å². The number of nitrogens with zero attached hydrogens (tertiary/aromatic N) is 1. The molecule has 1 aromatic heterocycles. The summed E-state index contributed by atoms with van der Waals surface area (Å²) < 4.78 is 10.7. The minimum Gasteiger partial charge on any atom is -0.496 e. The molecule has 0 aliphatic carbocycles. The highest BCUT2D eigenvalue weighted by molar-refractivity contribution is 5.95. The third-order valence-electron chi connectivity index (χ3n) is 3.80. The maximum Gasteiger partial charge on any atom is 0.241 e. The number of carbonyl (C=O) groups is 1. The van der Waals surface area contributed by atoms with Crippen LogP contribution < -0.4 is 15.8 Å². The zero-order valence-corrected chi connectivity index (χ0v) is 13.8. The van der Waals surface area contributed by atoms with Crippen molar-refractivity contribution in [2.24, 2.45) is 5.73 Å². The molecule has 2 aromatic carbocycles. The molecule has 0 spiro atoms. The van der Waals surface area contributed by atoms with Crippen molar-refractivity contribution in [2.45, 2.75) is 12.5 Å². The van der Waals surface area contributed by atoms with Crippen LogP contribution in [0.2, 0.25) is 0 Å². The third kappa shape index (κ3) is 4.05. The number of oxazole rings is 1. The minimum absolute atomic E-state index is 0.252. The standard InChI is InChI=1S/C19H19N3O3/c1-24-17-10-14(7-8-15(17)18-11-21-12-25-18)22-19(23)16(20)9-13-5-3-2-4-6-13/h2-8,10-12,16H,9,20H2,1H3,(H,22,23)/t16-/m1/s1. The van der Waals surface area contributed by atoms with Gasteiger partial charge in [0.15, 0.2) is 12.2 Å². The number of methoxy groups -OCH3 is 1. The number of rotatable bonds is 6. The van der Waals surface area contributed by atoms with Gasteiger partial charge in [0.2, 0.25) is 5.91 Å². The van der Waals surface area contributed by atoms with Crippen LogP contribution in [0.15, 0.2) is 65.5 Å². The molecule has 3 aromatic rings. The molecule has 25 heavy (non-hydrogen) atoms. The first-order chi connectivity index (χ1) is 12.2. The number of aromatic nitrogens is 1. The monoisotopic (exact) mass is 337 g/mol. The largest absolute Gasteiger partial charge is 0.496 e. The fraction of sp³-hybridized carbons (Fsp3) is 0.158. The first-order valence-corrected chi connectivity index (χ1v) is 7.84. The predicted octanol–water partition coefficient (Wildman–Crippen LogP) is 2.86. The van der Waals surface area contributed by atoms with Gasteiger partial charge in [-0.3, -0.25) is 4.79 Å². The Bertz CT molecular complexity index is 832. The minimum atomic E-state index is -0.637. The molecule has 0 aliphatic rings. The zero-order valence-electron chi connectivity index (χ0n) is 13.8. The van der Waals surface area contributed by atoms with E-state index in [0.717, 1.165) is 11.1 Å². The van der Waals surface area contributed by atoms with Gasteiger partial charge in [-0.25, -0.2) is 4.98 Å². The quantitative estimate of drug-likeness (QED) is 0.722. The molecule has 0 fully saturated rings. The summed E-state index contributed by atoms with van der Waals surface area (Å²) in [6.45, 7) is 0. The zero-order chi connectivity index (χ0) is 17.6. The van der Waals surface area contributed by atoms with Crippen LogP contribution in [0.4, 0.5) is 5.69 Å². The summed E-state index contributed by atoms with van der Waals surface area (Å²) >= 11 is 0. The van der Waals surface area contributed by atoms with E-state index in [1.807, 2.05) is 30.3 Å². The summed E-state index contributed by atoms with van der Waals surface area (Å²) in [4.78, 5) is 16.2. The van der Waals surface area contributed by atoms with Crippen molar-refractivity contribution >= 4 is 11.6 Å². The molecule has 0 saturated heterocycles. The van der Waals surface area contributed by atoms with Gasteiger partial charge in [-0.05, 0) is 24.1 Å². The lowest BCUT2D eigenvalue weighted by molar-refractivity contribution is -0.117. The number of nitrogens with two attached hydrogens (primary N) is 1. The van der Waals surface area contributed by atoms with Crippen LogP contribution in [0.1, 0.15) is 5.56 Å². The van der Waals surface area contributed by atoms with E-state index in [1.54, 1.807) is 31.5 Å². The molecular weight excluding hydrogens is 318 g/mol. The summed E-state index contributed by atoms with van der Waals surface area (Å²) in [5.41, 5.74) is 8.39. The van der Waals surface area contributed by atoms with E-state index < -0.39 is 6.04 Å². The van der Waals surface area contributed by atoms with Crippen LogP contribution >= 0.6 is 0 Å². The number of amides is 1. The molecule has 0 aliphatic heterocycles. The SMILES string of the molecule is COc1cc(NC(=O)[C@H](N)Cc2ccccc2)ccc1-c1cnco1. The van der Waals surface area contributed by atoms with Crippen LogP contribution in [-0.2, 0) is 11.2 Å². The summed E-state index contributed by atoms with van der Waals surface area (Å²) in [7, 11) is 1.56. The molecule has 0 bridgehead atoms. The fourth-order valence-electron chi connectivity index (χ4n) is 2.52. The summed E-state index contributed by atoms with van der Waals surface area (Å²) in [6, 6.07) is 14.3. The average molecular weight is 337 g/mol. The van der Waals surface area contributed by atoms with E-state index in [0.29, 0.717) is 23.6 Å². The Kier molecular flexibility index (Phi) is 5.11. The number of anilines is 1. The maximum atomic E-state index is 12.3. The lowest BCUT2D eigenvalue weighted by Crippen LogP contribution is -2.37. The Balaban J connectivity index is 1.71. The smallest absolute Gasteiger partial charge is 0.241 e. The number of benzene rings is 2. The van der Waals surface area contributed by atoms with E-state index in [9.17, 15) is 4.79 Å². The summed E-state index contributed by atoms with van der Waals surface area (Å²) in [5, 5.41) is 2.82. The second-order valence-electron chi connectivity index (χ2n) is 5.57. The summed E-state index contributed by atoms with van der Waals surface area (Å²) in [5.74, 6) is 0.917. The van der Waals surface area contributed by atoms with Gasteiger partial charge < -0.3 is 20.2 Å². The third-order valence-corrected chi connectivity index (χ3v) is 3.80. The van der Waals surface area contributed by atoms with E-state index in [1.165, 1.54) is 6.39 Å². The Morgan fingerprint density at radius 3 is 2.76 bits per heavy atom. The van der Waals surface area contributed by atoms with Gasteiger partial charge >= 0.3 is 0 Å². The molecular formula is C19H19N3O3. The molecule has 0 radical (unpaired) electrons. The van der Waals surface area contributed by atoms with E-state index in [4.69, 9.17) is 14.9 Å². The highest BCUT2D eigenvalue weighted by Crippen LogP contribution is 2.32. The lowest BCUT2D eigenvalue weighted by atomic mass is 10.1. The molecule has 0 unspecified atom stereocenters. The molecule has 6 nitrogen and oxygen atoms in total. The molecule has 1 amide bonds. The second-order valence-corrected chi connectivity index (χ2v) is 5.57. The first-order valence-electron chi connectivity index (χ1n) is 7.84. The van der Waals surface area contributed by atoms with Crippen LogP contribution in [-0.4, -0.2) is 24.0 Å². The fourth-order valence-corrected chi connectivity index (χ4v) is 2.52. The Labute approximate surface area is 145 Å². The van der Waals surface area contributed by atoms with Crippen molar-refractivity contribution in [2.75, 3.05) is 12.4 Å². The number of hydrogen-bond acceptors (Lipinski definition) is 5. The van der Waals surface area contributed by atoms with Crippen LogP contribution in [0.5, 0.6) is 5.75 Å². The number of carbonyl (C=O) groups excluding carboxylic acids is 1. The van der Waals surface area contributed by atoms with Crippen molar-refractivity contribution in [3.05, 3.63) is 66.7 Å². The second kappa shape index (κ2) is 7.63. The van der Waals surface area contributed by atoms with Gasteiger partial charge in [0.25, 0.3) is 0 Å². The number of hydrogen-bond donors (Lipinski definition) is 2. The molecule has 3 N–H and O–H groups in total. The highest BCUT2D eigenvalue weighted by atomic mass is 16.5. The van der Waals surface area contributed by atoms with Crippen LogP contribution in [0.3, 0.4) is 0 Å². The van der Waals surface area contributed by atoms with Crippen molar-refractivity contribution in [1.29, 1.82) is 0 Å². The first kappa shape index (κ1) is 16.7. The van der Waals surface area contributed by atoms with Crippen LogP contribution in [0, 0.1) is 0 Å². The predicted molar refractivity (Wildman–Crippen MR) is 95.2 cm³/mol. The topological polar surface area (TPSA) is 90.4 Å². The Morgan fingerprint density at radius 2 is 2.08 bits per heavy atom. The maximum absolute atomic E-state index is 12.3. The highest BCUT2D eigenvalue weighted by Gasteiger charge is 2.16. The average Bonchev–Trinajstić information content (AvgIpc) is 3.16. The van der Waals surface area contributed by atoms with E-state index in [-0.39, 0.29) is 5.91 Å². The van der Waals surface area contributed by atoms with Gasteiger partial charge in [-0.1, -0.05) is 30.3 Å². The van der Waals surface area contributed by atoms with Crippen molar-refractivity contribution < 1.29 is 13.9 Å². The molecule has 128 valence electrons. The Hall–Kier alpha value is -3.12. The van der Waals surface area contributed by atoms with Gasteiger partial charge in [-0.2, -0.15) is 0 Å². The van der Waals surface area contributed by atoms with Crippen molar-refractivity contribution in [1.82, 2.24) is 4.98 Å². The summed E-state index contributed by atoms with van der Waals surface area (Å²) in [6.07, 6.45) is 3.43. The van der Waals surface area contributed by atoms with E-state index >= 15 is 0 Å². The molecule has 1 atom stereocenters. The molecule has 1 heterocycles. The number of nitrogens with one attached hydrogen (secondary N) is 1. The molecule has 6 heteroatoms. The molecule has 0 saturated carbocycles. The van der Waals surface area contributed by atoms with Gasteiger partial charge in [0, 0.05) is 11.8 Å². The van der Waals surface area contributed by atoms with Gasteiger partial charge in [0.05, 0.1) is 24.9 Å². The normalized spacial score (nSPS) is 11.8. The lowest BCUT2D eigenvalue weighted by Gasteiger charge is -2.14. The van der Waals surface area contributed by atoms with Crippen molar-refractivity contribution in [3.8, 4) is 17.1 Å². The van der Waals surface area contributed by atoms with E-state index in [2.05, 4.69) is 10.3 Å². The van der Waals surface area contributed by atoms with Crippen LogP contribution in [0.25, 0.3) is 11.3 Å². The molecule has 3 rings (SSSR count). The Morgan fingerprint density at radius 1 is 1.28 bits per heavy atom. The number of ether oxygens (including phenoxy) is 1.